The molecule has 4 aromatic rings. The first kappa shape index (κ1) is 27.0. The molecule has 6 nitrogen and oxygen atoms in total. The summed E-state index contributed by atoms with van der Waals surface area (Å²) in [5.41, 5.74) is 4.40. The summed E-state index contributed by atoms with van der Waals surface area (Å²) in [6.45, 7) is 5.04. The van der Waals surface area contributed by atoms with Crippen LogP contribution in [0.4, 0.5) is 0 Å². The molecule has 1 saturated heterocycles. The number of pyridine rings is 1. The summed E-state index contributed by atoms with van der Waals surface area (Å²) < 4.78 is 25.1. The third-order valence-electron chi connectivity index (χ3n) is 7.00. The van der Waals surface area contributed by atoms with Crippen LogP contribution in [0.25, 0.3) is 0 Å². The Morgan fingerprint density at radius 3 is 1.87 bits per heavy atom. The predicted octanol–water partition coefficient (Wildman–Crippen LogP) is 6.09. The van der Waals surface area contributed by atoms with E-state index in [0.29, 0.717) is 37.7 Å². The molecular weight excluding hydrogens is 490 g/mol. The highest BCUT2D eigenvalue weighted by Gasteiger charge is 2.56. The summed E-state index contributed by atoms with van der Waals surface area (Å²) in [6.07, 6.45) is 0.631. The third kappa shape index (κ3) is 6.37. The maximum Gasteiger partial charge on any atom is 0.224 e. The van der Waals surface area contributed by atoms with Gasteiger partial charge in [-0.1, -0.05) is 97.9 Å². The zero-order valence-electron chi connectivity index (χ0n) is 22.4. The van der Waals surface area contributed by atoms with Gasteiger partial charge in [-0.25, -0.2) is 4.98 Å². The minimum atomic E-state index is -1.74. The van der Waals surface area contributed by atoms with E-state index in [4.69, 9.17) is 18.9 Å². The van der Waals surface area contributed by atoms with Crippen LogP contribution in [-0.4, -0.2) is 28.4 Å². The summed E-state index contributed by atoms with van der Waals surface area (Å²) >= 11 is 0. The Labute approximate surface area is 230 Å². The molecule has 6 heteroatoms. The Morgan fingerprint density at radius 1 is 0.795 bits per heavy atom. The van der Waals surface area contributed by atoms with Crippen molar-refractivity contribution < 1.29 is 24.1 Å². The van der Waals surface area contributed by atoms with E-state index in [2.05, 4.69) is 4.98 Å². The Bertz CT molecular complexity index is 1320. The minimum absolute atomic E-state index is 0.309. The van der Waals surface area contributed by atoms with Crippen LogP contribution in [0, 0.1) is 6.92 Å². The van der Waals surface area contributed by atoms with Crippen LogP contribution >= 0.6 is 0 Å². The fourth-order valence-electron chi connectivity index (χ4n) is 4.90. The van der Waals surface area contributed by atoms with Gasteiger partial charge in [0.1, 0.15) is 18.8 Å². The molecule has 3 aromatic carbocycles. The lowest BCUT2D eigenvalue weighted by Crippen LogP contribution is -2.44. The molecule has 0 saturated carbocycles. The van der Waals surface area contributed by atoms with Crippen LogP contribution < -0.4 is 4.74 Å². The van der Waals surface area contributed by atoms with Gasteiger partial charge in [-0.15, -0.1) is 0 Å². The van der Waals surface area contributed by atoms with Gasteiger partial charge < -0.3 is 24.1 Å². The van der Waals surface area contributed by atoms with Crippen molar-refractivity contribution in [3.8, 4) is 5.88 Å². The van der Waals surface area contributed by atoms with E-state index in [1.807, 2.05) is 111 Å². The Morgan fingerprint density at radius 2 is 1.33 bits per heavy atom. The summed E-state index contributed by atoms with van der Waals surface area (Å²) in [5.74, 6) is -1.23. The van der Waals surface area contributed by atoms with Gasteiger partial charge in [-0.05, 0) is 36.1 Å². The first-order valence-electron chi connectivity index (χ1n) is 13.4. The molecule has 2 unspecified atom stereocenters. The van der Waals surface area contributed by atoms with Crippen molar-refractivity contribution in [3.63, 3.8) is 0 Å². The van der Waals surface area contributed by atoms with E-state index in [9.17, 15) is 5.11 Å². The number of ether oxygens (including phenoxy) is 4. The lowest BCUT2D eigenvalue weighted by Gasteiger charge is -2.31. The molecule has 202 valence electrons. The molecule has 4 atom stereocenters. The Kier molecular flexibility index (Phi) is 8.69. The molecule has 0 radical (unpaired) electrons. The number of rotatable bonds is 11. The molecule has 0 bridgehead atoms. The summed E-state index contributed by atoms with van der Waals surface area (Å²) in [5, 5.41) is 12.1. The average Bonchev–Trinajstić information content (AvgIpc) is 3.27. The zero-order valence-corrected chi connectivity index (χ0v) is 22.4. The minimum Gasteiger partial charge on any atom is -0.473 e. The van der Waals surface area contributed by atoms with Crippen molar-refractivity contribution in [1.82, 2.24) is 4.98 Å². The largest absolute Gasteiger partial charge is 0.473 e. The molecule has 2 heterocycles. The maximum atomic E-state index is 12.1. The second kappa shape index (κ2) is 12.5. The number of hydrogen-bond donors (Lipinski definition) is 1. The highest BCUT2D eigenvalue weighted by atomic mass is 16.7. The molecule has 1 aliphatic heterocycles. The molecule has 1 N–H and O–H groups in total. The molecular formula is C33H35NO5. The molecule has 1 aliphatic rings. The summed E-state index contributed by atoms with van der Waals surface area (Å²) in [7, 11) is 0. The van der Waals surface area contributed by atoms with E-state index in [-0.39, 0.29) is 6.10 Å². The van der Waals surface area contributed by atoms with Gasteiger partial charge in [0.15, 0.2) is 0 Å². The van der Waals surface area contributed by atoms with Crippen LogP contribution in [0.5, 0.6) is 5.88 Å². The van der Waals surface area contributed by atoms with Gasteiger partial charge in [-0.3, -0.25) is 0 Å². The lowest BCUT2D eigenvalue weighted by molar-refractivity contribution is -0.250. The topological polar surface area (TPSA) is 70.0 Å². The number of nitrogens with zero attached hydrogens (tertiary/aromatic N) is 1. The van der Waals surface area contributed by atoms with Crippen LogP contribution in [0.15, 0.2) is 103 Å². The van der Waals surface area contributed by atoms with Crippen molar-refractivity contribution in [3.05, 3.63) is 131 Å². The monoisotopic (exact) mass is 525 g/mol. The molecule has 0 amide bonds. The molecule has 5 rings (SSSR count). The fourth-order valence-corrected chi connectivity index (χ4v) is 4.90. The summed E-state index contributed by atoms with van der Waals surface area (Å²) in [4.78, 5) is 4.55. The van der Waals surface area contributed by atoms with Crippen molar-refractivity contribution in [2.75, 3.05) is 0 Å². The molecule has 1 fully saturated rings. The highest BCUT2D eigenvalue weighted by Crippen LogP contribution is 2.43. The van der Waals surface area contributed by atoms with Crippen LogP contribution in [-0.2, 0) is 39.8 Å². The molecule has 39 heavy (non-hydrogen) atoms. The molecule has 1 aromatic heterocycles. The number of hydrogen-bond acceptors (Lipinski definition) is 6. The van der Waals surface area contributed by atoms with Gasteiger partial charge in [0.25, 0.3) is 0 Å². The van der Waals surface area contributed by atoms with Crippen molar-refractivity contribution in [2.24, 2.45) is 0 Å². The van der Waals surface area contributed by atoms with E-state index >= 15 is 0 Å². The SMILES string of the molecule is CC[C@H]1OC(O)(c2cnc(OCc3ccccc3)c(C)c2)C(OCc2ccccc2)[C@H]1OCc1ccccc1. The van der Waals surface area contributed by atoms with Gasteiger partial charge in [0.2, 0.25) is 11.7 Å². The van der Waals surface area contributed by atoms with Crippen LogP contribution in [0.3, 0.4) is 0 Å². The second-order valence-electron chi connectivity index (χ2n) is 9.86. The fraction of sp³-hybridized carbons (Fsp3) is 0.303. The normalized spacial score (nSPS) is 22.6. The Hall–Kier alpha value is -3.55. The number of benzene rings is 3. The Balaban J connectivity index is 1.40. The molecule has 0 aliphatic carbocycles. The maximum absolute atomic E-state index is 12.1. The van der Waals surface area contributed by atoms with Gasteiger partial charge >= 0.3 is 0 Å². The van der Waals surface area contributed by atoms with E-state index < -0.39 is 18.0 Å². The third-order valence-corrected chi connectivity index (χ3v) is 7.00. The predicted molar refractivity (Wildman–Crippen MR) is 149 cm³/mol. The van der Waals surface area contributed by atoms with Gasteiger partial charge in [0, 0.05) is 17.3 Å². The quantitative estimate of drug-likeness (QED) is 0.255. The van der Waals surface area contributed by atoms with Crippen molar-refractivity contribution >= 4 is 0 Å². The lowest BCUT2D eigenvalue weighted by atomic mass is 9.97. The van der Waals surface area contributed by atoms with Crippen molar-refractivity contribution in [2.45, 2.75) is 64.2 Å². The van der Waals surface area contributed by atoms with E-state index in [1.54, 1.807) is 6.20 Å². The van der Waals surface area contributed by atoms with Crippen LogP contribution in [0.2, 0.25) is 0 Å². The van der Waals surface area contributed by atoms with Crippen molar-refractivity contribution in [1.29, 1.82) is 0 Å². The van der Waals surface area contributed by atoms with Gasteiger partial charge in [0.05, 0.1) is 19.3 Å². The number of aryl methyl sites for hydroxylation is 1. The summed E-state index contributed by atoms with van der Waals surface area (Å²) in [6, 6.07) is 31.7. The first-order chi connectivity index (χ1) is 19.1. The van der Waals surface area contributed by atoms with E-state index in [1.165, 1.54) is 0 Å². The second-order valence-corrected chi connectivity index (χ2v) is 9.86. The zero-order chi connectivity index (χ0) is 27.1. The van der Waals surface area contributed by atoms with E-state index in [0.717, 1.165) is 22.3 Å². The number of aliphatic hydroxyl groups is 1. The standard InChI is InChI=1S/C33H35NO5/c1-3-29-30(36-21-25-13-7-4-8-14-25)31(37-22-26-15-9-5-10-16-26)33(35,39-29)28-19-24(2)32(34-20-28)38-23-27-17-11-6-12-18-27/h4-20,29-31,35H,3,21-23H2,1-2H3/t29-,30+,31?,33?/m1/s1. The first-order valence-corrected chi connectivity index (χ1v) is 13.4. The average molecular weight is 526 g/mol. The van der Waals surface area contributed by atoms with Gasteiger partial charge in [-0.2, -0.15) is 0 Å². The van der Waals surface area contributed by atoms with Crippen LogP contribution in [0.1, 0.15) is 41.2 Å². The highest BCUT2D eigenvalue weighted by molar-refractivity contribution is 5.33. The smallest absolute Gasteiger partial charge is 0.224 e. The molecule has 0 spiro atoms. The number of aromatic nitrogens is 1.